The van der Waals surface area contributed by atoms with Gasteiger partial charge in [0.15, 0.2) is 0 Å². The molecule has 0 radical (unpaired) electrons. The summed E-state index contributed by atoms with van der Waals surface area (Å²) in [5.41, 5.74) is 1.81. The lowest BCUT2D eigenvalue weighted by Gasteiger charge is -2.37. The molecule has 2 N–H and O–H groups in total. The normalized spacial score (nSPS) is 16.9. The third kappa shape index (κ3) is 5.93. The van der Waals surface area contributed by atoms with E-state index >= 15 is 0 Å². The molecule has 2 unspecified atom stereocenters. The van der Waals surface area contributed by atoms with E-state index in [1.54, 1.807) is 12.4 Å². The van der Waals surface area contributed by atoms with E-state index < -0.39 is 6.04 Å². The van der Waals surface area contributed by atoms with E-state index in [-0.39, 0.29) is 36.7 Å². The highest BCUT2D eigenvalue weighted by atomic mass is 35.5. The van der Waals surface area contributed by atoms with Crippen LogP contribution >= 0.6 is 12.4 Å². The summed E-state index contributed by atoms with van der Waals surface area (Å²) >= 11 is 0. The zero-order valence-corrected chi connectivity index (χ0v) is 18.2. The van der Waals surface area contributed by atoms with Crippen molar-refractivity contribution in [1.82, 2.24) is 20.5 Å². The molecule has 2 heterocycles. The zero-order chi connectivity index (χ0) is 20.6. The van der Waals surface area contributed by atoms with Crippen LogP contribution in [0.1, 0.15) is 43.5 Å². The second kappa shape index (κ2) is 11.5. The number of pyridine rings is 1. The van der Waals surface area contributed by atoms with Crippen molar-refractivity contribution in [1.29, 1.82) is 0 Å². The Morgan fingerprint density at radius 2 is 2.10 bits per heavy atom. The van der Waals surface area contributed by atoms with Gasteiger partial charge in [0.05, 0.1) is 25.1 Å². The van der Waals surface area contributed by atoms with Gasteiger partial charge in [0, 0.05) is 44.5 Å². The molecule has 30 heavy (non-hydrogen) atoms. The van der Waals surface area contributed by atoms with E-state index in [1.807, 2.05) is 48.2 Å². The largest absolute Gasteiger partial charge is 0.494 e. The highest BCUT2D eigenvalue weighted by Gasteiger charge is 2.30. The van der Waals surface area contributed by atoms with Gasteiger partial charge < -0.3 is 20.3 Å². The molecule has 1 aromatic heterocycles. The van der Waals surface area contributed by atoms with Crippen molar-refractivity contribution in [3.63, 3.8) is 0 Å². The monoisotopic (exact) mass is 432 g/mol. The standard InChI is InChI=1S/C22H28N4O3.ClH/c1-3-29-21-9-5-4-8-18(21)19(25-16(2)27)13-22(28)26-12-11-24-15-20(26)17-7-6-10-23-14-17;/h4-10,14,19-20,24H,3,11-13,15H2,1-2H3,(H,25,27);1H. The summed E-state index contributed by atoms with van der Waals surface area (Å²) < 4.78 is 5.72. The lowest BCUT2D eigenvalue weighted by molar-refractivity contribution is -0.135. The Morgan fingerprint density at radius 3 is 2.80 bits per heavy atom. The predicted molar refractivity (Wildman–Crippen MR) is 118 cm³/mol. The topological polar surface area (TPSA) is 83.6 Å². The fraction of sp³-hybridized carbons (Fsp3) is 0.409. The maximum Gasteiger partial charge on any atom is 0.225 e. The number of carbonyl (C=O) groups excluding carboxylic acids is 2. The van der Waals surface area contributed by atoms with Gasteiger partial charge in [-0.2, -0.15) is 0 Å². The molecule has 8 heteroatoms. The van der Waals surface area contributed by atoms with Gasteiger partial charge in [0.1, 0.15) is 5.75 Å². The molecule has 1 aliphatic heterocycles. The Kier molecular flexibility index (Phi) is 9.08. The van der Waals surface area contributed by atoms with E-state index in [9.17, 15) is 9.59 Å². The van der Waals surface area contributed by atoms with Crippen molar-refractivity contribution in [2.45, 2.75) is 32.4 Å². The van der Waals surface area contributed by atoms with Crippen LogP contribution in [0.5, 0.6) is 5.75 Å². The Bertz CT molecular complexity index is 834. The summed E-state index contributed by atoms with van der Waals surface area (Å²) in [6.07, 6.45) is 3.69. The van der Waals surface area contributed by atoms with Crippen LogP contribution < -0.4 is 15.4 Å². The van der Waals surface area contributed by atoms with Gasteiger partial charge >= 0.3 is 0 Å². The van der Waals surface area contributed by atoms with Gasteiger partial charge in [-0.15, -0.1) is 12.4 Å². The van der Waals surface area contributed by atoms with Crippen molar-refractivity contribution in [3.05, 3.63) is 59.9 Å². The van der Waals surface area contributed by atoms with Crippen molar-refractivity contribution < 1.29 is 14.3 Å². The third-order valence-electron chi connectivity index (χ3n) is 4.98. The number of carbonyl (C=O) groups is 2. The SMILES string of the molecule is CCOc1ccccc1C(CC(=O)N1CCNCC1c1cccnc1)NC(C)=O.Cl. The second-order valence-electron chi connectivity index (χ2n) is 7.02. The number of rotatable bonds is 7. The minimum Gasteiger partial charge on any atom is -0.494 e. The smallest absolute Gasteiger partial charge is 0.225 e. The molecule has 1 aliphatic rings. The fourth-order valence-electron chi connectivity index (χ4n) is 3.71. The maximum atomic E-state index is 13.3. The number of halogens is 1. The maximum absolute atomic E-state index is 13.3. The number of hydrogen-bond donors (Lipinski definition) is 2. The lowest BCUT2D eigenvalue weighted by atomic mass is 9.99. The number of nitrogens with one attached hydrogen (secondary N) is 2. The molecule has 1 saturated heterocycles. The molecule has 0 spiro atoms. The number of ether oxygens (including phenoxy) is 1. The highest BCUT2D eigenvalue weighted by Crippen LogP contribution is 2.30. The first-order valence-corrected chi connectivity index (χ1v) is 9.99. The van der Waals surface area contributed by atoms with Crippen LogP contribution in [0.2, 0.25) is 0 Å². The molecule has 7 nitrogen and oxygen atoms in total. The van der Waals surface area contributed by atoms with Crippen LogP contribution in [0, 0.1) is 0 Å². The van der Waals surface area contributed by atoms with E-state index in [2.05, 4.69) is 15.6 Å². The summed E-state index contributed by atoms with van der Waals surface area (Å²) in [5, 5.41) is 6.28. The van der Waals surface area contributed by atoms with Crippen LogP contribution in [0.3, 0.4) is 0 Å². The van der Waals surface area contributed by atoms with Gasteiger partial charge in [0.25, 0.3) is 0 Å². The predicted octanol–water partition coefficient (Wildman–Crippen LogP) is 2.64. The zero-order valence-electron chi connectivity index (χ0n) is 17.3. The van der Waals surface area contributed by atoms with Crippen molar-refractivity contribution in [3.8, 4) is 5.75 Å². The summed E-state index contributed by atoms with van der Waals surface area (Å²) in [5.74, 6) is 0.495. The Balaban J connectivity index is 0.00000320. The van der Waals surface area contributed by atoms with Crippen molar-refractivity contribution in [2.75, 3.05) is 26.2 Å². The average molecular weight is 433 g/mol. The number of amides is 2. The average Bonchev–Trinajstić information content (AvgIpc) is 2.74. The summed E-state index contributed by atoms with van der Waals surface area (Å²) in [6.45, 7) is 5.91. The minimum absolute atomic E-state index is 0. The van der Waals surface area contributed by atoms with Gasteiger partial charge in [0.2, 0.25) is 11.8 Å². The first-order valence-electron chi connectivity index (χ1n) is 9.99. The fourth-order valence-corrected chi connectivity index (χ4v) is 3.71. The number of aromatic nitrogens is 1. The first kappa shape index (κ1) is 23.6. The molecule has 3 rings (SSSR count). The molecule has 1 aromatic carbocycles. The number of nitrogens with zero attached hydrogens (tertiary/aromatic N) is 2. The number of piperazine rings is 1. The Hall–Kier alpha value is -2.64. The summed E-state index contributed by atoms with van der Waals surface area (Å²) in [7, 11) is 0. The van der Waals surface area contributed by atoms with Gasteiger partial charge in [-0.1, -0.05) is 24.3 Å². The Labute approximate surface area is 183 Å². The van der Waals surface area contributed by atoms with Crippen LogP contribution in [0.15, 0.2) is 48.8 Å². The molecule has 2 aromatic rings. The van der Waals surface area contributed by atoms with Crippen LogP contribution in [-0.2, 0) is 9.59 Å². The quantitative estimate of drug-likeness (QED) is 0.702. The van der Waals surface area contributed by atoms with Gasteiger partial charge in [-0.05, 0) is 24.6 Å². The minimum atomic E-state index is -0.452. The lowest BCUT2D eigenvalue weighted by Crippen LogP contribution is -2.49. The summed E-state index contributed by atoms with van der Waals surface area (Å²) in [6, 6.07) is 10.9. The van der Waals surface area contributed by atoms with Crippen LogP contribution in [0.25, 0.3) is 0 Å². The van der Waals surface area contributed by atoms with E-state index in [4.69, 9.17) is 4.74 Å². The third-order valence-corrected chi connectivity index (χ3v) is 4.98. The van der Waals surface area contributed by atoms with Gasteiger partial charge in [-0.3, -0.25) is 14.6 Å². The number of benzene rings is 1. The number of hydrogen-bond acceptors (Lipinski definition) is 5. The molecule has 0 aliphatic carbocycles. The Morgan fingerprint density at radius 1 is 1.30 bits per heavy atom. The molecular weight excluding hydrogens is 404 g/mol. The molecular formula is C22H29ClN4O3. The molecule has 2 amide bonds. The molecule has 162 valence electrons. The highest BCUT2D eigenvalue weighted by molar-refractivity contribution is 5.85. The van der Waals surface area contributed by atoms with E-state index in [0.717, 1.165) is 17.7 Å². The molecule has 0 bridgehead atoms. The molecule has 0 saturated carbocycles. The van der Waals surface area contributed by atoms with Gasteiger partial charge in [-0.25, -0.2) is 0 Å². The molecule has 1 fully saturated rings. The second-order valence-corrected chi connectivity index (χ2v) is 7.02. The first-order chi connectivity index (χ1) is 14.1. The molecule has 2 atom stereocenters. The van der Waals surface area contributed by atoms with Crippen LogP contribution in [0.4, 0.5) is 0 Å². The van der Waals surface area contributed by atoms with E-state index in [1.165, 1.54) is 6.92 Å². The van der Waals surface area contributed by atoms with Crippen molar-refractivity contribution in [2.24, 2.45) is 0 Å². The number of para-hydroxylation sites is 1. The van der Waals surface area contributed by atoms with Crippen molar-refractivity contribution >= 4 is 24.2 Å². The summed E-state index contributed by atoms with van der Waals surface area (Å²) in [4.78, 5) is 31.2. The van der Waals surface area contributed by atoms with Crippen LogP contribution in [-0.4, -0.2) is 47.9 Å². The van der Waals surface area contributed by atoms with E-state index in [0.29, 0.717) is 25.4 Å².